The highest BCUT2D eigenvalue weighted by atomic mass is 35.5. The average Bonchev–Trinajstić information content (AvgIpc) is 3.28. The van der Waals surface area contributed by atoms with E-state index in [0.717, 1.165) is 67.2 Å². The molecule has 0 saturated heterocycles. The van der Waals surface area contributed by atoms with Gasteiger partial charge in [0, 0.05) is 12.6 Å². The minimum Gasteiger partial charge on any atom is -0.393 e. The van der Waals surface area contributed by atoms with Crippen LogP contribution in [0, 0.1) is 11.8 Å². The molecule has 24 heavy (non-hydrogen) atoms. The number of aliphatic hydroxyl groups is 1. The van der Waals surface area contributed by atoms with Crippen molar-refractivity contribution in [3.63, 3.8) is 0 Å². The molecule has 2 aromatic heterocycles. The van der Waals surface area contributed by atoms with Gasteiger partial charge in [-0.3, -0.25) is 0 Å². The molecule has 2 saturated carbocycles. The molecule has 4 rings (SSSR count). The quantitative estimate of drug-likeness (QED) is 0.889. The summed E-state index contributed by atoms with van der Waals surface area (Å²) < 4.78 is 5.19. The number of nitrogens with zero attached hydrogens (tertiary/aromatic N) is 3. The Bertz CT molecular complexity index is 706. The minimum atomic E-state index is -0.134. The predicted molar refractivity (Wildman–Crippen MR) is 90.6 cm³/mol. The van der Waals surface area contributed by atoms with Crippen LogP contribution in [0.25, 0.3) is 11.3 Å². The van der Waals surface area contributed by atoms with Crippen LogP contribution in [0.1, 0.15) is 50.0 Å². The second-order valence-electron chi connectivity index (χ2n) is 7.18. The second-order valence-corrected chi connectivity index (χ2v) is 7.59. The molecule has 2 fully saturated rings. The smallest absolute Gasteiger partial charge is 0.133 e. The fourth-order valence-corrected chi connectivity index (χ4v) is 3.69. The van der Waals surface area contributed by atoms with E-state index in [0.29, 0.717) is 10.9 Å². The Morgan fingerprint density at radius 3 is 2.54 bits per heavy atom. The normalized spacial score (nSPS) is 24.2. The van der Waals surface area contributed by atoms with Crippen LogP contribution in [-0.2, 0) is 12.8 Å². The third-order valence-electron chi connectivity index (χ3n) is 5.16. The van der Waals surface area contributed by atoms with Crippen LogP contribution < -0.4 is 0 Å². The molecule has 0 spiro atoms. The molecule has 1 N–H and O–H groups in total. The van der Waals surface area contributed by atoms with Crippen molar-refractivity contribution in [3.8, 4) is 11.3 Å². The summed E-state index contributed by atoms with van der Waals surface area (Å²) in [5.74, 6) is 2.08. The fraction of sp³-hybridized carbons (Fsp3) is 0.611. The summed E-state index contributed by atoms with van der Waals surface area (Å²) >= 11 is 6.35. The van der Waals surface area contributed by atoms with Crippen LogP contribution in [0.5, 0.6) is 0 Å². The second kappa shape index (κ2) is 6.81. The van der Waals surface area contributed by atoms with E-state index in [2.05, 4.69) is 10.1 Å². The highest BCUT2D eigenvalue weighted by molar-refractivity contribution is 6.32. The maximum atomic E-state index is 9.64. The van der Waals surface area contributed by atoms with E-state index in [1.165, 1.54) is 12.8 Å². The van der Waals surface area contributed by atoms with Gasteiger partial charge in [0.1, 0.15) is 12.1 Å². The Morgan fingerprint density at radius 1 is 1.08 bits per heavy atom. The van der Waals surface area contributed by atoms with Gasteiger partial charge in [-0.05, 0) is 56.8 Å². The Balaban J connectivity index is 1.54. The standard InChI is InChI=1S/C18H22ClN3O2/c19-15-9-20-17(8-12-3-5-13(23)6-4-12)21-18(15)14-10-24-22-16(14)7-11-1-2-11/h9-13,23H,1-8H2. The monoisotopic (exact) mass is 347 g/mol. The van der Waals surface area contributed by atoms with Crippen LogP contribution in [0.15, 0.2) is 17.0 Å². The molecule has 2 aliphatic rings. The van der Waals surface area contributed by atoms with Crippen molar-refractivity contribution in [1.29, 1.82) is 0 Å². The number of aliphatic hydroxyl groups excluding tert-OH is 1. The van der Waals surface area contributed by atoms with Gasteiger partial charge in [-0.2, -0.15) is 0 Å². The van der Waals surface area contributed by atoms with Crippen molar-refractivity contribution in [2.75, 3.05) is 0 Å². The summed E-state index contributed by atoms with van der Waals surface area (Å²) in [5.41, 5.74) is 2.58. The number of rotatable bonds is 5. The van der Waals surface area contributed by atoms with Crippen LogP contribution in [0.3, 0.4) is 0 Å². The van der Waals surface area contributed by atoms with Crippen molar-refractivity contribution >= 4 is 11.6 Å². The summed E-state index contributed by atoms with van der Waals surface area (Å²) in [5, 5.41) is 14.3. The molecule has 0 unspecified atom stereocenters. The number of halogens is 1. The first-order chi connectivity index (χ1) is 11.7. The molecule has 5 nitrogen and oxygen atoms in total. The first-order valence-corrected chi connectivity index (χ1v) is 9.20. The molecule has 2 heterocycles. The zero-order valence-electron chi connectivity index (χ0n) is 13.6. The Morgan fingerprint density at radius 2 is 1.79 bits per heavy atom. The van der Waals surface area contributed by atoms with E-state index in [4.69, 9.17) is 21.1 Å². The van der Waals surface area contributed by atoms with Crippen LogP contribution in [-0.4, -0.2) is 26.3 Å². The molecule has 0 aliphatic heterocycles. The summed E-state index contributed by atoms with van der Waals surface area (Å²) in [6.07, 6.45) is 11.3. The van der Waals surface area contributed by atoms with Gasteiger partial charge in [-0.15, -0.1) is 0 Å². The highest BCUT2D eigenvalue weighted by Gasteiger charge is 2.26. The van der Waals surface area contributed by atoms with Gasteiger partial charge in [0.15, 0.2) is 0 Å². The Labute approximate surface area is 146 Å². The molecule has 6 heteroatoms. The maximum Gasteiger partial charge on any atom is 0.133 e. The van der Waals surface area contributed by atoms with Crippen molar-refractivity contribution in [1.82, 2.24) is 15.1 Å². The van der Waals surface area contributed by atoms with E-state index in [1.54, 1.807) is 12.5 Å². The van der Waals surface area contributed by atoms with Crippen molar-refractivity contribution in [2.45, 2.75) is 57.5 Å². The molecular weight excluding hydrogens is 326 g/mol. The fourth-order valence-electron chi connectivity index (χ4n) is 3.49. The number of hydrogen-bond acceptors (Lipinski definition) is 5. The SMILES string of the molecule is OC1CCC(Cc2ncc(Cl)c(-c3conc3CC3CC3)n2)CC1. The summed E-state index contributed by atoms with van der Waals surface area (Å²) in [6.45, 7) is 0. The summed E-state index contributed by atoms with van der Waals surface area (Å²) in [7, 11) is 0. The summed E-state index contributed by atoms with van der Waals surface area (Å²) in [4.78, 5) is 9.12. The van der Waals surface area contributed by atoms with Crippen LogP contribution in [0.4, 0.5) is 0 Å². The molecule has 0 radical (unpaired) electrons. The third kappa shape index (κ3) is 3.62. The lowest BCUT2D eigenvalue weighted by Crippen LogP contribution is -2.20. The number of aromatic nitrogens is 3. The van der Waals surface area contributed by atoms with E-state index < -0.39 is 0 Å². The predicted octanol–water partition coefficient (Wildman–Crippen LogP) is 3.83. The van der Waals surface area contributed by atoms with E-state index in [9.17, 15) is 5.11 Å². The molecule has 0 atom stereocenters. The van der Waals surface area contributed by atoms with Gasteiger partial charge in [0.2, 0.25) is 0 Å². The zero-order valence-corrected chi connectivity index (χ0v) is 14.4. The maximum absolute atomic E-state index is 9.64. The van der Waals surface area contributed by atoms with E-state index >= 15 is 0 Å². The van der Waals surface area contributed by atoms with Gasteiger partial charge in [0.05, 0.1) is 28.1 Å². The molecular formula is C18H22ClN3O2. The summed E-state index contributed by atoms with van der Waals surface area (Å²) in [6, 6.07) is 0. The first-order valence-electron chi connectivity index (χ1n) is 8.82. The van der Waals surface area contributed by atoms with E-state index in [-0.39, 0.29) is 6.10 Å². The average molecular weight is 348 g/mol. The van der Waals surface area contributed by atoms with Crippen molar-refractivity contribution < 1.29 is 9.63 Å². The Hall–Kier alpha value is -1.46. The largest absolute Gasteiger partial charge is 0.393 e. The molecule has 128 valence electrons. The molecule has 0 bridgehead atoms. The van der Waals surface area contributed by atoms with Crippen molar-refractivity contribution in [2.24, 2.45) is 11.8 Å². The van der Waals surface area contributed by atoms with Gasteiger partial charge in [-0.25, -0.2) is 9.97 Å². The van der Waals surface area contributed by atoms with Gasteiger partial charge in [-0.1, -0.05) is 16.8 Å². The Kier molecular flexibility index (Phi) is 4.55. The lowest BCUT2D eigenvalue weighted by molar-refractivity contribution is 0.108. The molecule has 0 aromatic carbocycles. The van der Waals surface area contributed by atoms with Gasteiger partial charge in [0.25, 0.3) is 0 Å². The molecule has 2 aliphatic carbocycles. The van der Waals surface area contributed by atoms with E-state index in [1.807, 2.05) is 0 Å². The highest BCUT2D eigenvalue weighted by Crippen LogP contribution is 2.36. The number of hydrogen-bond donors (Lipinski definition) is 1. The van der Waals surface area contributed by atoms with Crippen molar-refractivity contribution in [3.05, 3.63) is 29.0 Å². The molecule has 0 amide bonds. The molecule has 2 aromatic rings. The lowest BCUT2D eigenvalue weighted by Gasteiger charge is -2.24. The van der Waals surface area contributed by atoms with Gasteiger partial charge < -0.3 is 9.63 Å². The van der Waals surface area contributed by atoms with Crippen LogP contribution >= 0.6 is 11.6 Å². The first kappa shape index (κ1) is 16.0. The lowest BCUT2D eigenvalue weighted by atomic mass is 9.85. The topological polar surface area (TPSA) is 72.0 Å². The van der Waals surface area contributed by atoms with Gasteiger partial charge >= 0.3 is 0 Å². The third-order valence-corrected chi connectivity index (χ3v) is 5.44. The zero-order chi connectivity index (χ0) is 16.5. The van der Waals surface area contributed by atoms with Crippen LogP contribution in [0.2, 0.25) is 5.02 Å². The minimum absolute atomic E-state index is 0.134.